The Labute approximate surface area is 107 Å². The molecular weight excluding hydrogens is 224 g/mol. The predicted octanol–water partition coefficient (Wildman–Crippen LogP) is 3.12. The van der Waals surface area contributed by atoms with Crippen LogP contribution in [0.3, 0.4) is 0 Å². The highest BCUT2D eigenvalue weighted by molar-refractivity contribution is 6.08. The average molecular weight is 242 g/mol. The molecule has 94 valence electrons. The van der Waals surface area contributed by atoms with Crippen molar-refractivity contribution in [1.29, 1.82) is 0 Å². The van der Waals surface area contributed by atoms with Crippen molar-refractivity contribution in [3.8, 4) is 0 Å². The van der Waals surface area contributed by atoms with Crippen LogP contribution in [-0.4, -0.2) is 24.9 Å². The van der Waals surface area contributed by atoms with Gasteiger partial charge >= 0.3 is 0 Å². The number of anilines is 1. The van der Waals surface area contributed by atoms with Crippen molar-refractivity contribution in [2.24, 2.45) is 0 Å². The van der Waals surface area contributed by atoms with Gasteiger partial charge in [-0.3, -0.25) is 9.78 Å². The average Bonchev–Trinajstić information content (AvgIpc) is 2.27. The Morgan fingerprint density at radius 2 is 1.83 bits per heavy atom. The highest BCUT2D eigenvalue weighted by Gasteiger charge is 2.13. The highest BCUT2D eigenvalue weighted by atomic mass is 16.1. The lowest BCUT2D eigenvalue weighted by Gasteiger charge is -2.17. The Balaban J connectivity index is 2.94. The molecule has 0 unspecified atom stereocenters. The maximum absolute atomic E-state index is 11.8. The zero-order valence-electron chi connectivity index (χ0n) is 11.5. The number of hydrogen-bond donors (Lipinski definition) is 0. The molecule has 0 saturated carbocycles. The summed E-state index contributed by atoms with van der Waals surface area (Å²) in [6.45, 7) is 5.55. The molecule has 0 aliphatic carbocycles. The standard InChI is InChI=1S/C15H18N2O/c1-9-6-12(11(3)18)15-13(7-9)14(17(4)5)8-10(2)16-15/h6-8H,1-5H3. The van der Waals surface area contributed by atoms with E-state index in [2.05, 4.69) is 16.0 Å². The molecule has 0 bridgehead atoms. The van der Waals surface area contributed by atoms with E-state index in [1.165, 1.54) is 0 Å². The summed E-state index contributed by atoms with van der Waals surface area (Å²) in [5.41, 5.74) is 4.62. The Bertz CT molecular complexity index is 630. The zero-order valence-corrected chi connectivity index (χ0v) is 11.5. The lowest BCUT2D eigenvalue weighted by atomic mass is 10.0. The van der Waals surface area contributed by atoms with E-state index in [-0.39, 0.29) is 5.78 Å². The summed E-state index contributed by atoms with van der Waals surface area (Å²) >= 11 is 0. The molecule has 0 N–H and O–H groups in total. The van der Waals surface area contributed by atoms with Gasteiger partial charge in [-0.15, -0.1) is 0 Å². The SMILES string of the molecule is CC(=O)c1cc(C)cc2c(N(C)C)cc(C)nc12. The Morgan fingerprint density at radius 1 is 1.17 bits per heavy atom. The number of hydrogen-bond acceptors (Lipinski definition) is 3. The van der Waals surface area contributed by atoms with Crippen molar-refractivity contribution in [1.82, 2.24) is 4.98 Å². The summed E-state index contributed by atoms with van der Waals surface area (Å²) < 4.78 is 0. The summed E-state index contributed by atoms with van der Waals surface area (Å²) in [4.78, 5) is 18.3. The van der Waals surface area contributed by atoms with E-state index in [0.29, 0.717) is 5.56 Å². The van der Waals surface area contributed by atoms with Gasteiger partial charge in [0, 0.05) is 36.4 Å². The van der Waals surface area contributed by atoms with E-state index in [4.69, 9.17) is 0 Å². The molecule has 1 heterocycles. The molecule has 1 aromatic carbocycles. The highest BCUT2D eigenvalue weighted by Crippen LogP contribution is 2.29. The van der Waals surface area contributed by atoms with Crippen LogP contribution in [0.4, 0.5) is 5.69 Å². The second-order valence-electron chi connectivity index (χ2n) is 4.94. The van der Waals surface area contributed by atoms with E-state index in [0.717, 1.165) is 27.8 Å². The molecule has 2 aromatic rings. The minimum absolute atomic E-state index is 0.0616. The number of pyridine rings is 1. The van der Waals surface area contributed by atoms with Crippen molar-refractivity contribution < 1.29 is 4.79 Å². The molecule has 0 atom stereocenters. The van der Waals surface area contributed by atoms with Gasteiger partial charge in [0.2, 0.25) is 0 Å². The number of nitrogens with zero attached hydrogens (tertiary/aromatic N) is 2. The first kappa shape index (κ1) is 12.6. The second-order valence-corrected chi connectivity index (χ2v) is 4.94. The van der Waals surface area contributed by atoms with Crippen LogP contribution < -0.4 is 4.90 Å². The first-order valence-corrected chi connectivity index (χ1v) is 6.00. The Hall–Kier alpha value is -1.90. The molecule has 0 aliphatic rings. The van der Waals surface area contributed by atoms with Gasteiger partial charge in [-0.25, -0.2) is 0 Å². The first-order valence-electron chi connectivity index (χ1n) is 6.00. The fraction of sp³-hybridized carbons (Fsp3) is 0.333. The third-order valence-electron chi connectivity index (χ3n) is 3.03. The molecule has 0 radical (unpaired) electrons. The molecule has 0 saturated heterocycles. The van der Waals surface area contributed by atoms with Crippen LogP contribution in [0.2, 0.25) is 0 Å². The molecular formula is C15H18N2O. The zero-order chi connectivity index (χ0) is 13.4. The molecule has 0 fully saturated rings. The number of aromatic nitrogens is 1. The van der Waals surface area contributed by atoms with Crippen molar-refractivity contribution in [3.63, 3.8) is 0 Å². The lowest BCUT2D eigenvalue weighted by Crippen LogP contribution is -2.11. The Morgan fingerprint density at radius 3 is 2.39 bits per heavy atom. The minimum Gasteiger partial charge on any atom is -0.377 e. The van der Waals surface area contributed by atoms with E-state index in [1.807, 2.05) is 40.1 Å². The fourth-order valence-electron chi connectivity index (χ4n) is 2.22. The van der Waals surface area contributed by atoms with Crippen LogP contribution in [0.1, 0.15) is 28.5 Å². The van der Waals surface area contributed by atoms with Gasteiger partial charge < -0.3 is 4.90 Å². The number of rotatable bonds is 2. The Kier molecular flexibility index (Phi) is 3.07. The molecule has 3 heteroatoms. The van der Waals surface area contributed by atoms with Gasteiger partial charge in [-0.1, -0.05) is 0 Å². The summed E-state index contributed by atoms with van der Waals surface area (Å²) in [5.74, 6) is 0.0616. The number of benzene rings is 1. The summed E-state index contributed by atoms with van der Waals surface area (Å²) in [7, 11) is 4.01. The van der Waals surface area contributed by atoms with Crippen molar-refractivity contribution in [3.05, 3.63) is 35.0 Å². The molecule has 1 aromatic heterocycles. The van der Waals surface area contributed by atoms with Gasteiger partial charge in [0.15, 0.2) is 5.78 Å². The third-order valence-corrected chi connectivity index (χ3v) is 3.03. The van der Waals surface area contributed by atoms with E-state index in [9.17, 15) is 4.79 Å². The third kappa shape index (κ3) is 2.08. The lowest BCUT2D eigenvalue weighted by molar-refractivity contribution is 0.101. The smallest absolute Gasteiger partial charge is 0.162 e. The van der Waals surface area contributed by atoms with E-state index < -0.39 is 0 Å². The topological polar surface area (TPSA) is 33.2 Å². The number of fused-ring (bicyclic) bond motifs is 1. The van der Waals surface area contributed by atoms with Crippen LogP contribution in [0.5, 0.6) is 0 Å². The quantitative estimate of drug-likeness (QED) is 0.759. The fourth-order valence-corrected chi connectivity index (χ4v) is 2.22. The molecule has 0 aliphatic heterocycles. The van der Waals surface area contributed by atoms with Gasteiger partial charge in [-0.05, 0) is 44.5 Å². The number of carbonyl (C=O) groups is 1. The van der Waals surface area contributed by atoms with Gasteiger partial charge in [-0.2, -0.15) is 0 Å². The molecule has 3 nitrogen and oxygen atoms in total. The maximum Gasteiger partial charge on any atom is 0.162 e. The predicted molar refractivity (Wildman–Crippen MR) is 75.5 cm³/mol. The van der Waals surface area contributed by atoms with E-state index in [1.54, 1.807) is 6.92 Å². The van der Waals surface area contributed by atoms with Gasteiger partial charge in [0.25, 0.3) is 0 Å². The normalized spacial score (nSPS) is 10.7. The number of carbonyl (C=O) groups excluding carboxylic acids is 1. The van der Waals surface area contributed by atoms with Crippen LogP contribution in [0.15, 0.2) is 18.2 Å². The molecule has 0 amide bonds. The second kappa shape index (κ2) is 4.41. The minimum atomic E-state index is 0.0616. The van der Waals surface area contributed by atoms with Crippen molar-refractivity contribution in [2.75, 3.05) is 19.0 Å². The summed E-state index contributed by atoms with van der Waals surface area (Å²) in [6.07, 6.45) is 0. The van der Waals surface area contributed by atoms with Crippen LogP contribution in [0.25, 0.3) is 10.9 Å². The number of Topliss-reactive ketones (excluding diaryl/α,β-unsaturated/α-hetero) is 1. The van der Waals surface area contributed by atoms with Crippen LogP contribution >= 0.6 is 0 Å². The van der Waals surface area contributed by atoms with Crippen molar-refractivity contribution >= 4 is 22.4 Å². The number of ketones is 1. The summed E-state index contributed by atoms with van der Waals surface area (Å²) in [6, 6.07) is 6.05. The maximum atomic E-state index is 11.8. The molecule has 0 spiro atoms. The molecule has 18 heavy (non-hydrogen) atoms. The van der Waals surface area contributed by atoms with E-state index >= 15 is 0 Å². The first-order chi connectivity index (χ1) is 8.40. The summed E-state index contributed by atoms with van der Waals surface area (Å²) in [5, 5.41) is 1.04. The van der Waals surface area contributed by atoms with Crippen LogP contribution in [0, 0.1) is 13.8 Å². The van der Waals surface area contributed by atoms with Crippen LogP contribution in [-0.2, 0) is 0 Å². The number of aryl methyl sites for hydroxylation is 2. The monoisotopic (exact) mass is 242 g/mol. The molecule has 2 rings (SSSR count). The van der Waals surface area contributed by atoms with Gasteiger partial charge in [0.05, 0.1) is 5.52 Å². The van der Waals surface area contributed by atoms with Gasteiger partial charge in [0.1, 0.15) is 0 Å². The van der Waals surface area contributed by atoms with Crippen molar-refractivity contribution in [2.45, 2.75) is 20.8 Å². The largest absolute Gasteiger partial charge is 0.377 e.